The highest BCUT2D eigenvalue weighted by Gasteiger charge is 2.22. The Labute approximate surface area is 140 Å². The van der Waals surface area contributed by atoms with Crippen molar-refractivity contribution in [1.82, 2.24) is 14.8 Å². The molecule has 1 aliphatic heterocycles. The molecule has 1 amide bonds. The summed E-state index contributed by atoms with van der Waals surface area (Å²) < 4.78 is 11.9. The zero-order chi connectivity index (χ0) is 16.5. The first-order valence-corrected chi connectivity index (χ1v) is 8.35. The second-order valence-corrected chi connectivity index (χ2v) is 6.43. The summed E-state index contributed by atoms with van der Waals surface area (Å²) in [5.41, 5.74) is 1.03. The number of oxazole rings is 1. The topological polar surface area (TPSA) is 99.2 Å². The molecule has 1 fully saturated rings. The lowest BCUT2D eigenvalue weighted by Gasteiger charge is -2.03. The highest BCUT2D eigenvalue weighted by Crippen LogP contribution is 2.31. The second-order valence-electron chi connectivity index (χ2n) is 5.42. The SMILES string of the molecule is O=C(Cn1c(=O)oc2ccccc21)Nc1nnc(C2CCCO2)s1. The summed E-state index contributed by atoms with van der Waals surface area (Å²) in [6.45, 7) is 0.576. The molecular formula is C15H14N4O4S. The molecule has 0 aliphatic carbocycles. The molecule has 8 nitrogen and oxygen atoms in total. The molecule has 1 aliphatic rings. The summed E-state index contributed by atoms with van der Waals surface area (Å²) in [7, 11) is 0. The van der Waals surface area contributed by atoms with Gasteiger partial charge in [-0.2, -0.15) is 0 Å². The van der Waals surface area contributed by atoms with Crippen LogP contribution in [0.3, 0.4) is 0 Å². The highest BCUT2D eigenvalue weighted by molar-refractivity contribution is 7.15. The molecule has 24 heavy (non-hydrogen) atoms. The first-order valence-electron chi connectivity index (χ1n) is 7.54. The summed E-state index contributed by atoms with van der Waals surface area (Å²) >= 11 is 1.29. The van der Waals surface area contributed by atoms with E-state index in [1.165, 1.54) is 15.9 Å². The zero-order valence-electron chi connectivity index (χ0n) is 12.6. The Morgan fingerprint density at radius 3 is 3.08 bits per heavy atom. The van der Waals surface area contributed by atoms with Crippen molar-refractivity contribution in [3.8, 4) is 0 Å². The van der Waals surface area contributed by atoms with E-state index in [0.717, 1.165) is 24.5 Å². The van der Waals surface area contributed by atoms with E-state index in [0.29, 0.717) is 16.2 Å². The van der Waals surface area contributed by atoms with Crippen LogP contribution in [0.15, 0.2) is 33.5 Å². The number of carbonyl (C=O) groups is 1. The summed E-state index contributed by atoms with van der Waals surface area (Å²) in [5, 5.41) is 11.8. The van der Waals surface area contributed by atoms with Gasteiger partial charge in [0.1, 0.15) is 17.7 Å². The van der Waals surface area contributed by atoms with Crippen LogP contribution >= 0.6 is 11.3 Å². The fourth-order valence-electron chi connectivity index (χ4n) is 2.65. The first kappa shape index (κ1) is 15.0. The van der Waals surface area contributed by atoms with Gasteiger partial charge in [-0.05, 0) is 25.0 Å². The van der Waals surface area contributed by atoms with Crippen molar-refractivity contribution >= 4 is 33.5 Å². The molecule has 124 valence electrons. The van der Waals surface area contributed by atoms with Crippen molar-refractivity contribution in [2.45, 2.75) is 25.5 Å². The lowest BCUT2D eigenvalue weighted by molar-refractivity contribution is -0.116. The van der Waals surface area contributed by atoms with Gasteiger partial charge in [0.15, 0.2) is 5.58 Å². The summed E-state index contributed by atoms with van der Waals surface area (Å²) in [6.07, 6.45) is 1.88. The predicted octanol–water partition coefficient (Wildman–Crippen LogP) is 1.94. The average molecular weight is 346 g/mol. The molecule has 9 heteroatoms. The summed E-state index contributed by atoms with van der Waals surface area (Å²) in [4.78, 5) is 24.1. The molecular weight excluding hydrogens is 332 g/mol. The summed E-state index contributed by atoms with van der Waals surface area (Å²) in [6, 6.07) is 6.96. The maximum Gasteiger partial charge on any atom is 0.420 e. The minimum atomic E-state index is -0.566. The Morgan fingerprint density at radius 1 is 1.38 bits per heavy atom. The number of nitrogens with zero attached hydrogens (tertiary/aromatic N) is 3. The molecule has 1 aromatic carbocycles. The third-order valence-electron chi connectivity index (χ3n) is 3.77. The monoisotopic (exact) mass is 346 g/mol. The largest absolute Gasteiger partial charge is 0.420 e. The van der Waals surface area contributed by atoms with Crippen LogP contribution in [0, 0.1) is 0 Å². The Kier molecular flexibility index (Phi) is 3.87. The molecule has 4 rings (SSSR count). The van der Waals surface area contributed by atoms with Crippen LogP contribution in [0.25, 0.3) is 11.1 Å². The first-order chi connectivity index (χ1) is 11.7. The van der Waals surface area contributed by atoms with Crippen molar-refractivity contribution in [3.05, 3.63) is 39.8 Å². The molecule has 0 bridgehead atoms. The number of benzene rings is 1. The van der Waals surface area contributed by atoms with E-state index < -0.39 is 5.76 Å². The van der Waals surface area contributed by atoms with Gasteiger partial charge in [-0.3, -0.25) is 14.7 Å². The minimum absolute atomic E-state index is 0.0337. The standard InChI is InChI=1S/C15H14N4O4S/c20-12(8-19-9-4-1-2-5-10(9)23-15(19)21)16-14-18-17-13(24-14)11-6-3-7-22-11/h1-2,4-5,11H,3,6-8H2,(H,16,18,20). The molecule has 3 aromatic rings. The van der Waals surface area contributed by atoms with Crippen LogP contribution in [0.2, 0.25) is 0 Å². The predicted molar refractivity (Wildman–Crippen MR) is 86.9 cm³/mol. The van der Waals surface area contributed by atoms with E-state index in [-0.39, 0.29) is 18.6 Å². The van der Waals surface area contributed by atoms with E-state index in [2.05, 4.69) is 15.5 Å². The van der Waals surface area contributed by atoms with Crippen LogP contribution in [0.4, 0.5) is 5.13 Å². The maximum absolute atomic E-state index is 12.2. The molecule has 1 unspecified atom stereocenters. The number of hydrogen-bond acceptors (Lipinski definition) is 7. The van der Waals surface area contributed by atoms with Crippen LogP contribution < -0.4 is 11.1 Å². The van der Waals surface area contributed by atoms with Gasteiger partial charge in [-0.1, -0.05) is 23.5 Å². The minimum Gasteiger partial charge on any atom is -0.408 e. The zero-order valence-corrected chi connectivity index (χ0v) is 13.4. The molecule has 1 atom stereocenters. The molecule has 0 spiro atoms. The Hall–Kier alpha value is -2.52. The third kappa shape index (κ3) is 2.83. The fraction of sp³-hybridized carbons (Fsp3) is 0.333. The Morgan fingerprint density at radius 2 is 2.25 bits per heavy atom. The van der Waals surface area contributed by atoms with Gasteiger partial charge in [0, 0.05) is 6.61 Å². The van der Waals surface area contributed by atoms with Crippen LogP contribution in [0.1, 0.15) is 24.0 Å². The number of rotatable bonds is 4. The number of anilines is 1. The van der Waals surface area contributed by atoms with E-state index >= 15 is 0 Å². The number of fused-ring (bicyclic) bond motifs is 1. The Balaban J connectivity index is 1.48. The van der Waals surface area contributed by atoms with Crippen LogP contribution in [-0.2, 0) is 16.1 Å². The van der Waals surface area contributed by atoms with Crippen LogP contribution in [0.5, 0.6) is 0 Å². The van der Waals surface area contributed by atoms with E-state index in [1.54, 1.807) is 24.3 Å². The molecule has 1 N–H and O–H groups in total. The number of para-hydroxylation sites is 2. The quantitative estimate of drug-likeness (QED) is 0.775. The van der Waals surface area contributed by atoms with E-state index in [1.807, 2.05) is 0 Å². The number of carbonyl (C=O) groups excluding carboxylic acids is 1. The normalized spacial score (nSPS) is 17.4. The molecule has 1 saturated heterocycles. The maximum atomic E-state index is 12.2. The van der Waals surface area contributed by atoms with Gasteiger partial charge >= 0.3 is 5.76 Å². The lowest BCUT2D eigenvalue weighted by atomic mass is 10.2. The van der Waals surface area contributed by atoms with Crippen LogP contribution in [-0.4, -0.2) is 27.3 Å². The molecule has 0 saturated carbocycles. The van der Waals surface area contributed by atoms with Crippen molar-refractivity contribution < 1.29 is 13.9 Å². The number of ether oxygens (including phenoxy) is 1. The summed E-state index contributed by atoms with van der Waals surface area (Å²) in [5.74, 6) is -0.928. The molecule has 3 heterocycles. The smallest absolute Gasteiger partial charge is 0.408 e. The van der Waals surface area contributed by atoms with E-state index in [4.69, 9.17) is 9.15 Å². The van der Waals surface area contributed by atoms with Gasteiger partial charge in [0.2, 0.25) is 11.0 Å². The third-order valence-corrected chi connectivity index (χ3v) is 4.70. The van der Waals surface area contributed by atoms with Gasteiger partial charge in [-0.25, -0.2) is 4.79 Å². The van der Waals surface area contributed by atoms with Crippen molar-refractivity contribution in [1.29, 1.82) is 0 Å². The van der Waals surface area contributed by atoms with Gasteiger partial charge in [0.05, 0.1) is 5.52 Å². The van der Waals surface area contributed by atoms with Crippen molar-refractivity contribution in [3.63, 3.8) is 0 Å². The molecule has 0 radical (unpaired) electrons. The number of nitrogens with one attached hydrogen (secondary N) is 1. The average Bonchev–Trinajstić information content (AvgIpc) is 3.28. The number of aromatic nitrogens is 3. The lowest BCUT2D eigenvalue weighted by Crippen LogP contribution is -2.24. The fourth-order valence-corrected chi connectivity index (χ4v) is 3.50. The number of amides is 1. The van der Waals surface area contributed by atoms with Gasteiger partial charge in [-0.15, -0.1) is 10.2 Å². The van der Waals surface area contributed by atoms with Gasteiger partial charge in [0.25, 0.3) is 0 Å². The van der Waals surface area contributed by atoms with E-state index in [9.17, 15) is 9.59 Å². The Bertz CT molecular complexity index is 938. The highest BCUT2D eigenvalue weighted by atomic mass is 32.1. The second kappa shape index (κ2) is 6.17. The van der Waals surface area contributed by atoms with Crippen molar-refractivity contribution in [2.75, 3.05) is 11.9 Å². The number of hydrogen-bond donors (Lipinski definition) is 1. The molecule has 2 aromatic heterocycles. The van der Waals surface area contributed by atoms with Crippen molar-refractivity contribution in [2.24, 2.45) is 0 Å². The van der Waals surface area contributed by atoms with Gasteiger partial charge < -0.3 is 9.15 Å².